The fourth-order valence-corrected chi connectivity index (χ4v) is 2.14. The maximum Gasteiger partial charge on any atom is 0.303 e. The SMILES string of the molecule is COC1CCN(C(=O)CC(C)CC(=O)O)CC1. The van der Waals surface area contributed by atoms with Crippen LogP contribution >= 0.6 is 0 Å². The van der Waals surface area contributed by atoms with Crippen LogP contribution in [0.25, 0.3) is 0 Å². The van der Waals surface area contributed by atoms with Gasteiger partial charge in [-0.15, -0.1) is 0 Å². The van der Waals surface area contributed by atoms with Gasteiger partial charge in [-0.2, -0.15) is 0 Å². The van der Waals surface area contributed by atoms with Crippen LogP contribution in [-0.4, -0.2) is 48.2 Å². The van der Waals surface area contributed by atoms with Gasteiger partial charge in [-0.1, -0.05) is 6.92 Å². The van der Waals surface area contributed by atoms with Crippen LogP contribution in [0.2, 0.25) is 0 Å². The number of carbonyl (C=O) groups excluding carboxylic acids is 1. The number of carboxylic acid groups (broad SMARTS) is 1. The summed E-state index contributed by atoms with van der Waals surface area (Å²) in [6, 6.07) is 0. The molecule has 1 amide bonds. The van der Waals surface area contributed by atoms with Crippen molar-refractivity contribution < 1.29 is 19.4 Å². The molecule has 1 atom stereocenters. The maximum absolute atomic E-state index is 11.9. The third-order valence-corrected chi connectivity index (χ3v) is 3.17. The number of piperidine rings is 1. The Morgan fingerprint density at radius 2 is 1.94 bits per heavy atom. The molecule has 98 valence electrons. The number of carboxylic acids is 1. The van der Waals surface area contributed by atoms with Crippen molar-refractivity contribution in [1.29, 1.82) is 0 Å². The van der Waals surface area contributed by atoms with Crippen LogP contribution in [0.15, 0.2) is 0 Å². The molecule has 1 fully saturated rings. The lowest BCUT2D eigenvalue weighted by Crippen LogP contribution is -2.41. The minimum Gasteiger partial charge on any atom is -0.481 e. The lowest BCUT2D eigenvalue weighted by atomic mass is 10.0. The van der Waals surface area contributed by atoms with E-state index >= 15 is 0 Å². The molecular formula is C12H21NO4. The Morgan fingerprint density at radius 1 is 1.35 bits per heavy atom. The van der Waals surface area contributed by atoms with E-state index in [1.54, 1.807) is 14.0 Å². The average molecular weight is 243 g/mol. The minimum atomic E-state index is -0.844. The number of amides is 1. The largest absolute Gasteiger partial charge is 0.481 e. The van der Waals surface area contributed by atoms with Crippen molar-refractivity contribution in [3.8, 4) is 0 Å². The summed E-state index contributed by atoms with van der Waals surface area (Å²) in [7, 11) is 1.69. The number of carbonyl (C=O) groups is 2. The van der Waals surface area contributed by atoms with E-state index in [9.17, 15) is 9.59 Å². The molecule has 5 heteroatoms. The average Bonchev–Trinajstić information content (AvgIpc) is 2.28. The molecular weight excluding hydrogens is 222 g/mol. The van der Waals surface area contributed by atoms with Crippen molar-refractivity contribution in [3.63, 3.8) is 0 Å². The van der Waals surface area contributed by atoms with E-state index in [4.69, 9.17) is 9.84 Å². The highest BCUT2D eigenvalue weighted by Crippen LogP contribution is 2.16. The molecule has 0 radical (unpaired) electrons. The fourth-order valence-electron chi connectivity index (χ4n) is 2.14. The predicted molar refractivity (Wildman–Crippen MR) is 62.6 cm³/mol. The van der Waals surface area contributed by atoms with Crippen molar-refractivity contribution >= 4 is 11.9 Å². The fraction of sp³-hybridized carbons (Fsp3) is 0.833. The number of ether oxygens (including phenoxy) is 1. The standard InChI is InChI=1S/C12H21NO4/c1-9(8-12(15)16)7-11(14)13-5-3-10(17-2)4-6-13/h9-10H,3-8H2,1-2H3,(H,15,16). The second-order valence-corrected chi connectivity index (χ2v) is 4.72. The van der Waals surface area contributed by atoms with Gasteiger partial charge in [-0.25, -0.2) is 0 Å². The van der Waals surface area contributed by atoms with E-state index in [2.05, 4.69) is 0 Å². The Kier molecular flexibility index (Phi) is 5.41. The summed E-state index contributed by atoms with van der Waals surface area (Å²) in [6.07, 6.45) is 2.38. The van der Waals surface area contributed by atoms with Gasteiger partial charge in [0.15, 0.2) is 0 Å². The molecule has 0 spiro atoms. The van der Waals surface area contributed by atoms with Crippen molar-refractivity contribution in [3.05, 3.63) is 0 Å². The van der Waals surface area contributed by atoms with Crippen molar-refractivity contribution in [2.24, 2.45) is 5.92 Å². The second kappa shape index (κ2) is 6.59. The number of methoxy groups -OCH3 is 1. The van der Waals surface area contributed by atoms with Crippen molar-refractivity contribution in [1.82, 2.24) is 4.90 Å². The molecule has 1 aliphatic rings. The van der Waals surface area contributed by atoms with Crippen LogP contribution in [0.4, 0.5) is 0 Å². The quantitative estimate of drug-likeness (QED) is 0.786. The van der Waals surface area contributed by atoms with E-state index in [0.717, 1.165) is 25.9 Å². The summed E-state index contributed by atoms with van der Waals surface area (Å²) >= 11 is 0. The van der Waals surface area contributed by atoms with Crippen LogP contribution < -0.4 is 0 Å². The first kappa shape index (κ1) is 14.0. The third-order valence-electron chi connectivity index (χ3n) is 3.17. The van der Waals surface area contributed by atoms with Gasteiger partial charge in [0.05, 0.1) is 6.10 Å². The summed E-state index contributed by atoms with van der Waals surface area (Å²) in [5, 5.41) is 8.63. The Hall–Kier alpha value is -1.10. The molecule has 0 saturated carbocycles. The lowest BCUT2D eigenvalue weighted by molar-refractivity contribution is -0.139. The molecule has 1 unspecified atom stereocenters. The monoisotopic (exact) mass is 243 g/mol. The lowest BCUT2D eigenvalue weighted by Gasteiger charge is -2.31. The summed E-state index contributed by atoms with van der Waals surface area (Å²) in [6.45, 7) is 3.24. The zero-order chi connectivity index (χ0) is 12.8. The Bertz CT molecular complexity index is 272. The molecule has 1 N–H and O–H groups in total. The van der Waals surface area contributed by atoms with E-state index in [1.165, 1.54) is 0 Å². The number of nitrogens with zero attached hydrogens (tertiary/aromatic N) is 1. The normalized spacial score (nSPS) is 19.1. The number of rotatable bonds is 5. The van der Waals surface area contributed by atoms with Crippen LogP contribution in [0.3, 0.4) is 0 Å². The molecule has 0 aromatic rings. The van der Waals surface area contributed by atoms with E-state index in [1.807, 2.05) is 4.90 Å². The molecule has 0 bridgehead atoms. The first-order valence-corrected chi connectivity index (χ1v) is 6.05. The van der Waals surface area contributed by atoms with Gasteiger partial charge in [0, 0.05) is 33.0 Å². The minimum absolute atomic E-state index is 0.0558. The van der Waals surface area contributed by atoms with Crippen LogP contribution in [-0.2, 0) is 14.3 Å². The number of hydrogen-bond donors (Lipinski definition) is 1. The summed E-state index contributed by atoms with van der Waals surface area (Å²) in [5.41, 5.74) is 0. The van der Waals surface area contributed by atoms with Gasteiger partial charge >= 0.3 is 5.97 Å². The highest BCUT2D eigenvalue weighted by Gasteiger charge is 2.23. The zero-order valence-corrected chi connectivity index (χ0v) is 10.5. The predicted octanol–water partition coefficient (Wildman–Crippen LogP) is 1.12. The molecule has 0 aromatic carbocycles. The van der Waals surface area contributed by atoms with Crippen LogP contribution in [0, 0.1) is 5.92 Å². The van der Waals surface area contributed by atoms with Gasteiger partial charge in [0.1, 0.15) is 0 Å². The van der Waals surface area contributed by atoms with E-state index in [0.29, 0.717) is 6.42 Å². The third kappa shape index (κ3) is 4.73. The highest BCUT2D eigenvalue weighted by molar-refractivity contribution is 5.77. The van der Waals surface area contributed by atoms with Gasteiger partial charge in [-0.3, -0.25) is 9.59 Å². The zero-order valence-electron chi connectivity index (χ0n) is 10.5. The number of hydrogen-bond acceptors (Lipinski definition) is 3. The number of likely N-dealkylation sites (tertiary alicyclic amines) is 1. The summed E-state index contributed by atoms with van der Waals surface area (Å²) < 4.78 is 5.24. The van der Waals surface area contributed by atoms with Crippen LogP contribution in [0.5, 0.6) is 0 Å². The van der Waals surface area contributed by atoms with Crippen molar-refractivity contribution in [2.75, 3.05) is 20.2 Å². The molecule has 0 aromatic heterocycles. The summed E-state index contributed by atoms with van der Waals surface area (Å²) in [4.78, 5) is 24.2. The topological polar surface area (TPSA) is 66.8 Å². The molecule has 1 rings (SSSR count). The van der Waals surface area contributed by atoms with E-state index < -0.39 is 5.97 Å². The Balaban J connectivity index is 2.31. The van der Waals surface area contributed by atoms with Crippen LogP contribution in [0.1, 0.15) is 32.6 Å². The highest BCUT2D eigenvalue weighted by atomic mass is 16.5. The van der Waals surface area contributed by atoms with Gasteiger partial charge in [0.25, 0.3) is 0 Å². The van der Waals surface area contributed by atoms with Gasteiger partial charge < -0.3 is 14.7 Å². The molecule has 0 aliphatic carbocycles. The van der Waals surface area contributed by atoms with Crippen molar-refractivity contribution in [2.45, 2.75) is 38.7 Å². The smallest absolute Gasteiger partial charge is 0.303 e. The van der Waals surface area contributed by atoms with E-state index in [-0.39, 0.29) is 24.3 Å². The Labute approximate surface area is 102 Å². The summed E-state index contributed by atoms with van der Waals surface area (Å²) in [5.74, 6) is -0.878. The second-order valence-electron chi connectivity index (χ2n) is 4.72. The Morgan fingerprint density at radius 3 is 2.41 bits per heavy atom. The molecule has 1 aliphatic heterocycles. The molecule has 5 nitrogen and oxygen atoms in total. The molecule has 1 saturated heterocycles. The molecule has 1 heterocycles. The first-order chi connectivity index (χ1) is 8.02. The maximum atomic E-state index is 11.9. The number of aliphatic carboxylic acids is 1. The first-order valence-electron chi connectivity index (χ1n) is 6.05. The molecule has 17 heavy (non-hydrogen) atoms. The van der Waals surface area contributed by atoms with Gasteiger partial charge in [0.2, 0.25) is 5.91 Å². The van der Waals surface area contributed by atoms with Gasteiger partial charge in [-0.05, 0) is 18.8 Å².